The highest BCUT2D eigenvalue weighted by Gasteiger charge is 2.34. The molecule has 0 spiro atoms. The summed E-state index contributed by atoms with van der Waals surface area (Å²) in [4.78, 5) is 18.7. The first kappa shape index (κ1) is 23.4. The number of hydrogen-bond donors (Lipinski definition) is 1. The fourth-order valence-corrected chi connectivity index (χ4v) is 7.53. The normalized spacial score (nSPS) is 19.7. The summed E-state index contributed by atoms with van der Waals surface area (Å²) in [7, 11) is -3.63. The molecule has 0 aromatic carbocycles. The molecule has 176 valence electrons. The number of nitrogens with zero attached hydrogens (tertiary/aromatic N) is 3. The molecule has 1 saturated carbocycles. The average molecular weight is 481 g/mol. The van der Waals surface area contributed by atoms with E-state index in [0.717, 1.165) is 12.8 Å². The third-order valence-corrected chi connectivity index (χ3v) is 9.71. The number of amides is 1. The zero-order valence-corrected chi connectivity index (χ0v) is 20.4. The predicted octanol–water partition coefficient (Wildman–Crippen LogP) is 3.91. The number of nitrogens with one attached hydrogen (secondary N) is 1. The van der Waals surface area contributed by atoms with Gasteiger partial charge in [-0.2, -0.15) is 9.29 Å². The molecule has 1 amide bonds. The van der Waals surface area contributed by atoms with Crippen LogP contribution in [0.15, 0.2) is 15.5 Å². The minimum Gasteiger partial charge on any atom is -0.353 e. The van der Waals surface area contributed by atoms with Gasteiger partial charge in [0.25, 0.3) is 0 Å². The fraction of sp³-hybridized carbons (Fsp3) is 0.682. The van der Waals surface area contributed by atoms with Gasteiger partial charge >= 0.3 is 0 Å². The fourth-order valence-electron chi connectivity index (χ4n) is 4.57. The minimum atomic E-state index is -3.63. The van der Waals surface area contributed by atoms with E-state index >= 15 is 0 Å². The molecule has 2 aromatic rings. The summed E-state index contributed by atoms with van der Waals surface area (Å²) in [6.45, 7) is 4.44. The van der Waals surface area contributed by atoms with Gasteiger partial charge in [-0.15, -0.1) is 11.3 Å². The van der Waals surface area contributed by atoms with Crippen LogP contribution < -0.4 is 5.32 Å². The Balaban J connectivity index is 1.39. The van der Waals surface area contributed by atoms with Crippen molar-refractivity contribution in [3.05, 3.63) is 16.8 Å². The lowest BCUT2D eigenvalue weighted by Crippen LogP contribution is -2.45. The summed E-state index contributed by atoms with van der Waals surface area (Å²) in [6.07, 6.45) is 8.69. The molecule has 0 bridgehead atoms. The summed E-state index contributed by atoms with van der Waals surface area (Å²) >= 11 is 1.35. The largest absolute Gasteiger partial charge is 0.353 e. The van der Waals surface area contributed by atoms with Gasteiger partial charge in [0.1, 0.15) is 0 Å². The van der Waals surface area contributed by atoms with Crippen molar-refractivity contribution in [2.75, 3.05) is 13.1 Å². The molecule has 0 atom stereocenters. The van der Waals surface area contributed by atoms with Gasteiger partial charge < -0.3 is 9.84 Å². The Morgan fingerprint density at radius 3 is 2.50 bits per heavy atom. The van der Waals surface area contributed by atoms with Crippen LogP contribution in [0.2, 0.25) is 0 Å². The summed E-state index contributed by atoms with van der Waals surface area (Å²) in [5.74, 6) is 0.923. The summed E-state index contributed by atoms with van der Waals surface area (Å²) in [5, 5.41) is 7.18. The van der Waals surface area contributed by atoms with Crippen molar-refractivity contribution in [2.45, 2.75) is 82.6 Å². The molecule has 2 aliphatic rings. The van der Waals surface area contributed by atoms with Crippen molar-refractivity contribution in [1.29, 1.82) is 0 Å². The number of hydrogen-bond acceptors (Lipinski definition) is 7. The van der Waals surface area contributed by atoms with Crippen molar-refractivity contribution < 1.29 is 17.7 Å². The third-order valence-electron chi connectivity index (χ3n) is 6.51. The van der Waals surface area contributed by atoms with Crippen LogP contribution in [0.5, 0.6) is 0 Å². The van der Waals surface area contributed by atoms with E-state index in [4.69, 9.17) is 4.52 Å². The number of carbonyl (C=O) groups is 1. The zero-order valence-electron chi connectivity index (χ0n) is 18.8. The lowest BCUT2D eigenvalue weighted by Gasteiger charge is -2.31. The molecule has 1 saturated heterocycles. The van der Waals surface area contributed by atoms with Crippen LogP contribution in [0.4, 0.5) is 0 Å². The monoisotopic (exact) mass is 480 g/mol. The van der Waals surface area contributed by atoms with Gasteiger partial charge in [0.05, 0.1) is 9.77 Å². The Hall–Kier alpha value is -1.78. The lowest BCUT2D eigenvalue weighted by atomic mass is 9.96. The van der Waals surface area contributed by atoms with Gasteiger partial charge in [-0.1, -0.05) is 37.8 Å². The molecule has 10 heteroatoms. The minimum absolute atomic E-state index is 0.0896. The number of piperidine rings is 1. The number of thiophene rings is 1. The predicted molar refractivity (Wildman–Crippen MR) is 123 cm³/mol. The molecular formula is C22H32N4O4S2. The first-order valence-corrected chi connectivity index (χ1v) is 13.9. The number of carbonyl (C=O) groups excluding carboxylic acids is 1. The Labute approximate surface area is 193 Å². The lowest BCUT2D eigenvalue weighted by molar-refractivity contribution is -0.126. The van der Waals surface area contributed by atoms with Gasteiger partial charge in [0.15, 0.2) is 0 Å². The smallest absolute Gasteiger partial charge is 0.244 e. The zero-order chi connectivity index (χ0) is 22.7. The highest BCUT2D eigenvalue weighted by Crippen LogP contribution is 2.35. The van der Waals surface area contributed by atoms with Crippen LogP contribution >= 0.6 is 11.3 Å². The summed E-state index contributed by atoms with van der Waals surface area (Å²) < 4.78 is 33.3. The summed E-state index contributed by atoms with van der Waals surface area (Å²) in [6, 6.07) is 1.92. The SMILES string of the molecule is CCc1nc(-c2cc(S(=O)(=O)N3CCC(C(=O)NC4CCCCCC4)CC3)c(C)s2)no1. The molecule has 2 aromatic heterocycles. The van der Waals surface area contributed by atoms with E-state index in [-0.39, 0.29) is 17.9 Å². The van der Waals surface area contributed by atoms with E-state index in [1.165, 1.54) is 41.3 Å². The number of aromatic nitrogens is 2. The topological polar surface area (TPSA) is 105 Å². The molecule has 1 aliphatic heterocycles. The van der Waals surface area contributed by atoms with Crippen molar-refractivity contribution >= 4 is 27.3 Å². The van der Waals surface area contributed by atoms with Gasteiger partial charge in [-0.3, -0.25) is 4.79 Å². The number of rotatable bonds is 6. The molecule has 1 aliphatic carbocycles. The van der Waals surface area contributed by atoms with E-state index in [1.54, 1.807) is 13.0 Å². The maximum Gasteiger partial charge on any atom is 0.244 e. The van der Waals surface area contributed by atoms with Crippen molar-refractivity contribution in [2.24, 2.45) is 5.92 Å². The Bertz CT molecular complexity index is 1030. The Morgan fingerprint density at radius 2 is 1.88 bits per heavy atom. The molecule has 4 rings (SSSR count). The second-order valence-electron chi connectivity index (χ2n) is 8.77. The van der Waals surface area contributed by atoms with Gasteiger partial charge in [-0.05, 0) is 38.7 Å². The van der Waals surface area contributed by atoms with Gasteiger partial charge in [0.2, 0.25) is 27.6 Å². The highest BCUT2D eigenvalue weighted by molar-refractivity contribution is 7.89. The van der Waals surface area contributed by atoms with Crippen LogP contribution in [0.1, 0.15) is 69.1 Å². The van der Waals surface area contributed by atoms with E-state index in [2.05, 4.69) is 15.5 Å². The second kappa shape index (κ2) is 10.0. The molecule has 0 unspecified atom stereocenters. The van der Waals surface area contributed by atoms with E-state index in [0.29, 0.717) is 58.7 Å². The van der Waals surface area contributed by atoms with Crippen molar-refractivity contribution in [3.63, 3.8) is 0 Å². The molecular weight excluding hydrogens is 448 g/mol. The Morgan fingerprint density at radius 1 is 1.19 bits per heavy atom. The Kier molecular flexibility index (Phi) is 7.31. The van der Waals surface area contributed by atoms with Crippen LogP contribution in [0, 0.1) is 12.8 Å². The standard InChI is InChI=1S/C22H32N4O4S2/c1-3-20-24-21(25-30-20)18-14-19(15(2)31-18)32(28,29)26-12-10-16(11-13-26)22(27)23-17-8-6-4-5-7-9-17/h14,16-17H,3-13H2,1-2H3,(H,23,27). The van der Waals surface area contributed by atoms with Gasteiger partial charge in [0, 0.05) is 36.3 Å². The molecule has 3 heterocycles. The molecule has 0 radical (unpaired) electrons. The van der Waals surface area contributed by atoms with Crippen molar-refractivity contribution in [1.82, 2.24) is 19.8 Å². The number of sulfonamides is 1. The van der Waals surface area contributed by atoms with Crippen LogP contribution in [0.25, 0.3) is 10.7 Å². The van der Waals surface area contributed by atoms with Crippen LogP contribution in [-0.4, -0.2) is 47.9 Å². The van der Waals surface area contributed by atoms with Crippen LogP contribution in [0.3, 0.4) is 0 Å². The highest BCUT2D eigenvalue weighted by atomic mass is 32.2. The van der Waals surface area contributed by atoms with Crippen LogP contribution in [-0.2, 0) is 21.2 Å². The number of aryl methyl sites for hydroxylation is 2. The molecule has 32 heavy (non-hydrogen) atoms. The van der Waals surface area contributed by atoms with Crippen molar-refractivity contribution in [3.8, 4) is 10.7 Å². The molecule has 8 nitrogen and oxygen atoms in total. The quantitative estimate of drug-likeness (QED) is 0.629. The first-order valence-electron chi connectivity index (χ1n) is 11.6. The maximum atomic E-state index is 13.3. The third kappa shape index (κ3) is 5.07. The molecule has 2 fully saturated rings. The van der Waals surface area contributed by atoms with E-state index < -0.39 is 10.0 Å². The van der Waals surface area contributed by atoms with Gasteiger partial charge in [-0.25, -0.2) is 8.42 Å². The second-order valence-corrected chi connectivity index (χ2v) is 11.9. The van der Waals surface area contributed by atoms with E-state index in [1.807, 2.05) is 6.92 Å². The first-order chi connectivity index (χ1) is 15.4. The summed E-state index contributed by atoms with van der Waals surface area (Å²) in [5.41, 5.74) is 0. The van der Waals surface area contributed by atoms with E-state index in [9.17, 15) is 13.2 Å². The molecule has 1 N–H and O–H groups in total. The maximum absolute atomic E-state index is 13.3. The average Bonchev–Trinajstić information content (AvgIpc) is 3.34.